The molecule has 0 bridgehead atoms. The number of benzene rings is 2. The van der Waals surface area contributed by atoms with Gasteiger partial charge in [0.15, 0.2) is 0 Å². The van der Waals surface area contributed by atoms with E-state index in [0.29, 0.717) is 14.2 Å². The smallest absolute Gasteiger partial charge is 0.338 e. The fraction of sp³-hybridized carbons (Fsp3) is 0.154. The number of halogens is 2. The van der Waals surface area contributed by atoms with E-state index in [2.05, 4.69) is 0 Å². The van der Waals surface area contributed by atoms with E-state index in [9.17, 15) is 9.59 Å². The quantitative estimate of drug-likeness (QED) is 0.290. The van der Waals surface area contributed by atoms with Gasteiger partial charge in [0, 0.05) is 22.8 Å². The predicted octanol–water partition coefficient (Wildman–Crippen LogP) is 8.07. The van der Waals surface area contributed by atoms with Gasteiger partial charge in [-0.15, -0.1) is 22.7 Å². The van der Waals surface area contributed by atoms with Gasteiger partial charge in [0.05, 0.1) is 11.1 Å². The maximum absolute atomic E-state index is 12.4. The van der Waals surface area contributed by atoms with Crippen LogP contribution < -0.4 is 0 Å². The van der Waals surface area contributed by atoms with Crippen molar-refractivity contribution in [3.05, 3.63) is 92.6 Å². The van der Waals surface area contributed by atoms with Crippen LogP contribution in [0.4, 0.5) is 0 Å². The van der Waals surface area contributed by atoms with Crippen molar-refractivity contribution in [2.24, 2.45) is 0 Å². The minimum absolute atomic E-state index is 0.0703. The third-order valence-corrected chi connectivity index (χ3v) is 8.16. The third-order valence-electron chi connectivity index (χ3n) is 5.34. The zero-order chi connectivity index (χ0) is 24.1. The molecule has 1 saturated heterocycles. The number of carboxylic acid groups (broad SMARTS) is 1. The molecule has 0 radical (unpaired) electrons. The molecule has 3 heterocycles. The molecule has 0 aliphatic carbocycles. The highest BCUT2D eigenvalue weighted by Gasteiger charge is 2.23. The van der Waals surface area contributed by atoms with Gasteiger partial charge in [0.1, 0.15) is 8.67 Å². The Labute approximate surface area is 216 Å². The van der Waals surface area contributed by atoms with Crippen LogP contribution in [-0.2, 0) is 0 Å². The van der Waals surface area contributed by atoms with E-state index in [1.807, 2.05) is 71.6 Å². The molecule has 4 aromatic rings. The van der Waals surface area contributed by atoms with Gasteiger partial charge < -0.3 is 10.0 Å². The Morgan fingerprint density at radius 2 is 1.18 bits per heavy atom. The van der Waals surface area contributed by atoms with Crippen LogP contribution in [0, 0.1) is 0 Å². The number of likely N-dealkylation sites (tertiary alicyclic amines) is 1. The highest BCUT2D eigenvalue weighted by atomic mass is 35.5. The van der Waals surface area contributed by atoms with Crippen molar-refractivity contribution in [2.45, 2.75) is 12.8 Å². The molecule has 8 heteroatoms. The molecule has 1 amide bonds. The highest BCUT2D eigenvalue weighted by molar-refractivity contribution is 7.20. The van der Waals surface area contributed by atoms with E-state index < -0.39 is 5.97 Å². The van der Waals surface area contributed by atoms with Crippen molar-refractivity contribution in [3.8, 4) is 20.9 Å². The first-order valence-electron chi connectivity index (χ1n) is 10.7. The van der Waals surface area contributed by atoms with Gasteiger partial charge in [-0.3, -0.25) is 4.79 Å². The van der Waals surface area contributed by atoms with Crippen molar-refractivity contribution < 1.29 is 14.7 Å². The molecule has 5 rings (SSSR count). The minimum atomic E-state index is -0.988. The Morgan fingerprint density at radius 1 is 0.735 bits per heavy atom. The molecule has 0 unspecified atom stereocenters. The second kappa shape index (κ2) is 11.2. The fourth-order valence-electron chi connectivity index (χ4n) is 3.61. The zero-order valence-corrected chi connectivity index (χ0v) is 21.2. The number of amides is 1. The molecular formula is C26H21Cl2NO3S2. The lowest BCUT2D eigenvalue weighted by atomic mass is 10.1. The van der Waals surface area contributed by atoms with Crippen LogP contribution in [0.2, 0.25) is 8.67 Å². The van der Waals surface area contributed by atoms with Crippen LogP contribution in [-0.4, -0.2) is 35.0 Å². The standard InChI is InChI=1S/C15H14ClNOS.C11H7ClO2S/c16-14-12(15(18)17-8-4-5-9-17)10-13(19-14)11-6-2-1-3-7-11;12-10-8(11(13)14)6-9(15-10)7-4-2-1-3-5-7/h1-3,6-7,10H,4-5,8-9H2;1-6H,(H,13,14). The summed E-state index contributed by atoms with van der Waals surface area (Å²) in [6, 6.07) is 23.1. The average Bonchev–Trinajstić information content (AvgIpc) is 3.60. The van der Waals surface area contributed by atoms with Crippen LogP contribution in [0.1, 0.15) is 33.6 Å². The Morgan fingerprint density at radius 3 is 1.62 bits per heavy atom. The normalized spacial score (nSPS) is 12.8. The van der Waals surface area contributed by atoms with Crippen LogP contribution in [0.25, 0.3) is 20.9 Å². The van der Waals surface area contributed by atoms with E-state index in [1.54, 1.807) is 6.07 Å². The molecule has 0 atom stereocenters. The Hall–Kier alpha value is -2.64. The van der Waals surface area contributed by atoms with Gasteiger partial charge >= 0.3 is 5.97 Å². The van der Waals surface area contributed by atoms with E-state index in [1.165, 1.54) is 22.7 Å². The maximum atomic E-state index is 12.4. The predicted molar refractivity (Wildman–Crippen MR) is 142 cm³/mol. The lowest BCUT2D eigenvalue weighted by Gasteiger charge is -2.14. The second-order valence-electron chi connectivity index (χ2n) is 7.63. The number of carbonyl (C=O) groups is 2. The summed E-state index contributed by atoms with van der Waals surface area (Å²) < 4.78 is 0.914. The van der Waals surface area contributed by atoms with Gasteiger partial charge in [0.25, 0.3) is 5.91 Å². The van der Waals surface area contributed by atoms with Gasteiger partial charge in [-0.05, 0) is 36.1 Å². The Balaban J connectivity index is 0.000000166. The van der Waals surface area contributed by atoms with Gasteiger partial charge in [-0.2, -0.15) is 0 Å². The Kier molecular flexibility index (Phi) is 8.06. The summed E-state index contributed by atoms with van der Waals surface area (Å²) in [6.45, 7) is 1.71. The third kappa shape index (κ3) is 5.70. The van der Waals surface area contributed by atoms with Crippen molar-refractivity contribution in [1.82, 2.24) is 4.90 Å². The first-order valence-corrected chi connectivity index (χ1v) is 13.0. The summed E-state index contributed by atoms with van der Waals surface area (Å²) >= 11 is 14.8. The molecule has 4 nitrogen and oxygen atoms in total. The molecular weight excluding hydrogens is 509 g/mol. The number of hydrogen-bond acceptors (Lipinski definition) is 4. The summed E-state index contributed by atoms with van der Waals surface area (Å²) in [5.74, 6) is -0.917. The number of rotatable bonds is 4. The molecule has 2 aromatic heterocycles. The summed E-state index contributed by atoms with van der Waals surface area (Å²) in [6.07, 6.45) is 2.19. The minimum Gasteiger partial charge on any atom is -0.478 e. The Bertz CT molecular complexity index is 1280. The average molecular weight is 530 g/mol. The van der Waals surface area contributed by atoms with Gasteiger partial charge in [0.2, 0.25) is 0 Å². The van der Waals surface area contributed by atoms with Crippen molar-refractivity contribution >= 4 is 57.8 Å². The highest BCUT2D eigenvalue weighted by Crippen LogP contribution is 2.36. The topological polar surface area (TPSA) is 57.6 Å². The van der Waals surface area contributed by atoms with Crippen molar-refractivity contribution in [3.63, 3.8) is 0 Å². The maximum Gasteiger partial charge on any atom is 0.338 e. The molecule has 174 valence electrons. The van der Waals surface area contributed by atoms with Crippen molar-refractivity contribution in [2.75, 3.05) is 13.1 Å². The summed E-state index contributed by atoms with van der Waals surface area (Å²) in [5.41, 5.74) is 2.90. The van der Waals surface area contributed by atoms with Crippen LogP contribution in [0.15, 0.2) is 72.8 Å². The van der Waals surface area contributed by atoms with E-state index in [4.69, 9.17) is 28.3 Å². The molecule has 0 spiro atoms. The van der Waals surface area contributed by atoms with Gasteiger partial charge in [-0.25, -0.2) is 4.79 Å². The number of carbonyl (C=O) groups excluding carboxylic acids is 1. The summed E-state index contributed by atoms with van der Waals surface area (Å²) in [7, 11) is 0. The van der Waals surface area contributed by atoms with Crippen LogP contribution >= 0.6 is 45.9 Å². The number of aromatic carboxylic acids is 1. The number of thiophene rings is 2. The number of nitrogens with zero attached hydrogens (tertiary/aromatic N) is 1. The van der Waals surface area contributed by atoms with Gasteiger partial charge in [-0.1, -0.05) is 83.9 Å². The van der Waals surface area contributed by atoms with Crippen molar-refractivity contribution in [1.29, 1.82) is 0 Å². The van der Waals surface area contributed by atoms with E-state index >= 15 is 0 Å². The first kappa shape index (κ1) is 24.5. The second-order valence-corrected chi connectivity index (χ2v) is 10.9. The van der Waals surface area contributed by atoms with Crippen LogP contribution in [0.3, 0.4) is 0 Å². The lowest BCUT2D eigenvalue weighted by molar-refractivity contribution is 0.0697. The zero-order valence-electron chi connectivity index (χ0n) is 18.0. The molecule has 0 saturated carbocycles. The molecule has 34 heavy (non-hydrogen) atoms. The molecule has 1 aliphatic heterocycles. The molecule has 1 aliphatic rings. The molecule has 2 aromatic carbocycles. The monoisotopic (exact) mass is 529 g/mol. The summed E-state index contributed by atoms with van der Waals surface area (Å²) in [4.78, 5) is 27.0. The summed E-state index contributed by atoms with van der Waals surface area (Å²) in [5, 5.41) is 8.85. The molecule has 1 N–H and O–H groups in total. The molecule has 1 fully saturated rings. The lowest BCUT2D eigenvalue weighted by Crippen LogP contribution is -2.27. The van der Waals surface area contributed by atoms with E-state index in [0.717, 1.165) is 46.8 Å². The number of carboxylic acids is 1. The first-order chi connectivity index (χ1) is 16.4. The number of hydrogen-bond donors (Lipinski definition) is 1. The largest absolute Gasteiger partial charge is 0.478 e. The SMILES string of the molecule is O=C(O)c1cc(-c2ccccc2)sc1Cl.O=C(c1cc(-c2ccccc2)sc1Cl)N1CCCC1. The fourth-order valence-corrected chi connectivity index (χ4v) is 6.14. The van der Waals surface area contributed by atoms with E-state index in [-0.39, 0.29) is 11.5 Å². The van der Waals surface area contributed by atoms with Crippen LogP contribution in [0.5, 0.6) is 0 Å².